The number of hydrogen-bond acceptors (Lipinski definition) is 2. The van der Waals surface area contributed by atoms with Gasteiger partial charge in [0.15, 0.2) is 0 Å². The number of amides is 1. The van der Waals surface area contributed by atoms with E-state index in [-0.39, 0.29) is 17.6 Å². The van der Waals surface area contributed by atoms with E-state index in [4.69, 9.17) is 0 Å². The van der Waals surface area contributed by atoms with E-state index in [0.717, 1.165) is 5.56 Å². The Morgan fingerprint density at radius 3 is 2.29 bits per heavy atom. The number of aliphatic hydroxyl groups is 1. The first-order valence-electron chi connectivity index (χ1n) is 10.5. The molecule has 4 rings (SSSR count). The third kappa shape index (κ3) is 4.52. The van der Waals surface area contributed by atoms with Crippen LogP contribution in [-0.2, 0) is 0 Å². The van der Waals surface area contributed by atoms with Crippen molar-refractivity contribution in [2.75, 3.05) is 13.1 Å². The SMILES string of the molecule is Cc1cc(F)ccc1-c1ccc(C(=O)N2CCC(C(O)c3ccccc3)CC2)cc1F. The molecule has 0 radical (unpaired) electrons. The van der Waals surface area contributed by atoms with Crippen LogP contribution in [0.3, 0.4) is 0 Å². The fourth-order valence-corrected chi connectivity index (χ4v) is 4.32. The van der Waals surface area contributed by atoms with Gasteiger partial charge in [0.2, 0.25) is 0 Å². The maximum absolute atomic E-state index is 14.8. The summed E-state index contributed by atoms with van der Waals surface area (Å²) < 4.78 is 28.2. The Labute approximate surface area is 181 Å². The van der Waals surface area contributed by atoms with Gasteiger partial charge in [0.1, 0.15) is 11.6 Å². The lowest BCUT2D eigenvalue weighted by Crippen LogP contribution is -2.39. The van der Waals surface area contributed by atoms with Gasteiger partial charge in [-0.2, -0.15) is 0 Å². The lowest BCUT2D eigenvalue weighted by molar-refractivity contribution is 0.0462. The van der Waals surface area contributed by atoms with Crippen LogP contribution in [0.15, 0.2) is 66.7 Å². The number of piperidine rings is 1. The number of likely N-dealkylation sites (tertiary alicyclic amines) is 1. The molecule has 1 unspecified atom stereocenters. The average Bonchev–Trinajstić information content (AvgIpc) is 2.79. The smallest absolute Gasteiger partial charge is 0.253 e. The highest BCUT2D eigenvalue weighted by molar-refractivity contribution is 5.95. The second kappa shape index (κ2) is 8.98. The van der Waals surface area contributed by atoms with Crippen molar-refractivity contribution in [1.82, 2.24) is 4.90 Å². The average molecular weight is 421 g/mol. The molecule has 0 spiro atoms. The number of benzene rings is 3. The number of rotatable bonds is 4. The number of hydrogen-bond donors (Lipinski definition) is 1. The van der Waals surface area contributed by atoms with Crippen LogP contribution in [-0.4, -0.2) is 29.0 Å². The van der Waals surface area contributed by atoms with Crippen molar-refractivity contribution < 1.29 is 18.7 Å². The van der Waals surface area contributed by atoms with Gasteiger partial charge in [-0.05, 0) is 66.6 Å². The molecule has 1 aliphatic rings. The minimum absolute atomic E-state index is 0.0898. The van der Waals surface area contributed by atoms with Crippen LogP contribution in [0, 0.1) is 24.5 Å². The van der Waals surface area contributed by atoms with Crippen LogP contribution in [0.5, 0.6) is 0 Å². The molecule has 1 amide bonds. The number of carbonyl (C=O) groups excluding carboxylic acids is 1. The summed E-state index contributed by atoms with van der Waals surface area (Å²) in [6.07, 6.45) is 0.836. The van der Waals surface area contributed by atoms with E-state index in [9.17, 15) is 18.7 Å². The summed E-state index contributed by atoms with van der Waals surface area (Å²) in [5.41, 5.74) is 2.77. The third-order valence-corrected chi connectivity index (χ3v) is 6.11. The van der Waals surface area contributed by atoms with Crippen LogP contribution in [0.4, 0.5) is 8.78 Å². The quantitative estimate of drug-likeness (QED) is 0.602. The molecule has 3 nitrogen and oxygen atoms in total. The molecule has 1 aliphatic heterocycles. The zero-order chi connectivity index (χ0) is 22.0. The second-order valence-electron chi connectivity index (χ2n) is 8.14. The first-order chi connectivity index (χ1) is 14.9. The summed E-state index contributed by atoms with van der Waals surface area (Å²) in [6.45, 7) is 2.77. The van der Waals surface area contributed by atoms with E-state index in [2.05, 4.69) is 0 Å². The predicted molar refractivity (Wildman–Crippen MR) is 117 cm³/mol. The third-order valence-electron chi connectivity index (χ3n) is 6.11. The molecule has 3 aromatic rings. The second-order valence-corrected chi connectivity index (χ2v) is 8.14. The summed E-state index contributed by atoms with van der Waals surface area (Å²) in [6, 6.07) is 18.2. The fourth-order valence-electron chi connectivity index (χ4n) is 4.32. The fraction of sp³-hybridized carbons (Fsp3) is 0.269. The van der Waals surface area contributed by atoms with E-state index in [0.29, 0.717) is 48.2 Å². The lowest BCUT2D eigenvalue weighted by atomic mass is 9.87. The minimum atomic E-state index is -0.547. The van der Waals surface area contributed by atoms with Crippen molar-refractivity contribution in [3.05, 3.63) is 95.1 Å². The van der Waals surface area contributed by atoms with Gasteiger partial charge < -0.3 is 10.0 Å². The highest BCUT2D eigenvalue weighted by Crippen LogP contribution is 2.32. The van der Waals surface area contributed by atoms with E-state index in [1.165, 1.54) is 18.2 Å². The van der Waals surface area contributed by atoms with Gasteiger partial charge in [0, 0.05) is 24.2 Å². The summed E-state index contributed by atoms with van der Waals surface area (Å²) in [5, 5.41) is 10.6. The first kappa shape index (κ1) is 21.2. The van der Waals surface area contributed by atoms with E-state index < -0.39 is 11.9 Å². The minimum Gasteiger partial charge on any atom is -0.388 e. The molecule has 1 heterocycles. The number of aryl methyl sites for hydroxylation is 1. The monoisotopic (exact) mass is 421 g/mol. The van der Waals surface area contributed by atoms with Gasteiger partial charge in [-0.15, -0.1) is 0 Å². The van der Waals surface area contributed by atoms with Crippen molar-refractivity contribution in [3.8, 4) is 11.1 Å². The highest BCUT2D eigenvalue weighted by Gasteiger charge is 2.29. The van der Waals surface area contributed by atoms with Gasteiger partial charge >= 0.3 is 0 Å². The topological polar surface area (TPSA) is 40.5 Å². The van der Waals surface area contributed by atoms with Crippen molar-refractivity contribution in [1.29, 1.82) is 0 Å². The Morgan fingerprint density at radius 2 is 1.65 bits per heavy atom. The van der Waals surface area contributed by atoms with Crippen LogP contribution in [0.1, 0.15) is 40.4 Å². The van der Waals surface area contributed by atoms with Gasteiger partial charge in [-0.1, -0.05) is 42.5 Å². The predicted octanol–water partition coefficient (Wildman–Crippen LogP) is 5.53. The molecule has 31 heavy (non-hydrogen) atoms. The van der Waals surface area contributed by atoms with Gasteiger partial charge in [-0.3, -0.25) is 4.79 Å². The Kier molecular flexibility index (Phi) is 6.14. The number of nitrogens with zero attached hydrogens (tertiary/aromatic N) is 1. The molecule has 1 N–H and O–H groups in total. The molecule has 1 fully saturated rings. The summed E-state index contributed by atoms with van der Waals surface area (Å²) >= 11 is 0. The Hall–Kier alpha value is -3.05. The van der Waals surface area contributed by atoms with Crippen LogP contribution < -0.4 is 0 Å². The van der Waals surface area contributed by atoms with Gasteiger partial charge in [-0.25, -0.2) is 8.78 Å². The molecule has 3 aromatic carbocycles. The number of halogens is 2. The number of aliphatic hydroxyl groups excluding tert-OH is 1. The van der Waals surface area contributed by atoms with Gasteiger partial charge in [0.25, 0.3) is 5.91 Å². The molecule has 1 atom stereocenters. The summed E-state index contributed by atoms with van der Waals surface area (Å²) in [4.78, 5) is 14.6. The first-order valence-corrected chi connectivity index (χ1v) is 10.5. The highest BCUT2D eigenvalue weighted by atomic mass is 19.1. The Bertz CT molecular complexity index is 1080. The molecular weight excluding hydrogens is 396 g/mol. The lowest BCUT2D eigenvalue weighted by Gasteiger charge is -2.34. The maximum atomic E-state index is 14.8. The van der Waals surface area contributed by atoms with Crippen LogP contribution in [0.25, 0.3) is 11.1 Å². The molecule has 0 aromatic heterocycles. The summed E-state index contributed by atoms with van der Waals surface area (Å²) in [7, 11) is 0. The molecule has 1 saturated heterocycles. The molecule has 160 valence electrons. The standard InChI is InChI=1S/C26H25F2NO2/c1-17-15-21(27)8-10-22(17)23-9-7-20(16-24(23)28)26(31)29-13-11-19(12-14-29)25(30)18-5-3-2-4-6-18/h2-10,15-16,19,25,30H,11-14H2,1H3. The molecular formula is C26H25F2NO2. The molecule has 5 heteroatoms. The molecule has 0 bridgehead atoms. The van der Waals surface area contributed by atoms with Crippen molar-refractivity contribution >= 4 is 5.91 Å². The zero-order valence-corrected chi connectivity index (χ0v) is 17.4. The Morgan fingerprint density at radius 1 is 0.968 bits per heavy atom. The normalized spacial score (nSPS) is 15.7. The largest absolute Gasteiger partial charge is 0.388 e. The number of carbonyl (C=O) groups is 1. The van der Waals surface area contributed by atoms with E-state index >= 15 is 0 Å². The van der Waals surface area contributed by atoms with E-state index in [1.807, 2.05) is 30.3 Å². The van der Waals surface area contributed by atoms with Gasteiger partial charge in [0.05, 0.1) is 6.10 Å². The molecule has 0 aliphatic carbocycles. The summed E-state index contributed by atoms with van der Waals surface area (Å²) in [5.74, 6) is -0.995. The van der Waals surface area contributed by atoms with Crippen molar-refractivity contribution in [3.63, 3.8) is 0 Å². The van der Waals surface area contributed by atoms with Crippen LogP contribution in [0.2, 0.25) is 0 Å². The molecule has 0 saturated carbocycles. The zero-order valence-electron chi connectivity index (χ0n) is 17.4. The van der Waals surface area contributed by atoms with Crippen molar-refractivity contribution in [2.24, 2.45) is 5.92 Å². The van der Waals surface area contributed by atoms with Crippen LogP contribution >= 0.6 is 0 Å². The maximum Gasteiger partial charge on any atom is 0.253 e. The van der Waals surface area contributed by atoms with E-state index in [1.54, 1.807) is 30.0 Å². The Balaban J connectivity index is 1.44. The van der Waals surface area contributed by atoms with Crippen molar-refractivity contribution in [2.45, 2.75) is 25.9 Å².